The van der Waals surface area contributed by atoms with E-state index in [4.69, 9.17) is 5.84 Å². The minimum absolute atomic E-state index is 0.167. The van der Waals surface area contributed by atoms with Crippen LogP contribution in [0.25, 0.3) is 0 Å². The van der Waals surface area contributed by atoms with Crippen molar-refractivity contribution < 1.29 is 4.79 Å². The quantitative estimate of drug-likeness (QED) is 0.575. The van der Waals surface area contributed by atoms with E-state index in [1.165, 1.54) is 0 Å². The molecule has 0 atom stereocenters. The van der Waals surface area contributed by atoms with Crippen molar-refractivity contribution in [1.29, 1.82) is 0 Å². The highest BCUT2D eigenvalue weighted by molar-refractivity contribution is 5.94. The van der Waals surface area contributed by atoms with Gasteiger partial charge in [0.2, 0.25) is 0 Å². The molecule has 1 amide bonds. The third-order valence-corrected chi connectivity index (χ3v) is 3.45. The molecule has 0 saturated carbocycles. The summed E-state index contributed by atoms with van der Waals surface area (Å²) < 4.78 is 1.81. The summed E-state index contributed by atoms with van der Waals surface area (Å²) in [5, 5.41) is 7.23. The molecule has 2 rings (SSSR count). The summed E-state index contributed by atoms with van der Waals surface area (Å²) in [6.45, 7) is 6.17. The van der Waals surface area contributed by atoms with E-state index in [1.54, 1.807) is 12.1 Å². The first kappa shape index (κ1) is 15.0. The molecule has 21 heavy (non-hydrogen) atoms. The predicted octanol–water partition coefficient (Wildman–Crippen LogP) is 0.956. The molecule has 2 aromatic heterocycles. The average molecular weight is 288 g/mol. The maximum absolute atomic E-state index is 12.2. The summed E-state index contributed by atoms with van der Waals surface area (Å²) in [4.78, 5) is 16.4. The molecule has 112 valence electrons. The van der Waals surface area contributed by atoms with Crippen LogP contribution >= 0.6 is 0 Å². The Labute approximate surface area is 123 Å². The Kier molecular flexibility index (Phi) is 4.23. The van der Waals surface area contributed by atoms with Gasteiger partial charge < -0.3 is 10.7 Å². The predicted molar refractivity (Wildman–Crippen MR) is 80.6 cm³/mol. The number of aromatic nitrogens is 3. The second-order valence-corrected chi connectivity index (χ2v) is 4.98. The van der Waals surface area contributed by atoms with Gasteiger partial charge in [-0.05, 0) is 32.9 Å². The van der Waals surface area contributed by atoms with Crippen LogP contribution < -0.4 is 16.6 Å². The molecule has 2 aromatic rings. The number of nitrogens with two attached hydrogens (primary N) is 1. The van der Waals surface area contributed by atoms with Crippen LogP contribution in [0.5, 0.6) is 0 Å². The van der Waals surface area contributed by atoms with Crippen LogP contribution in [0.3, 0.4) is 0 Å². The lowest BCUT2D eigenvalue weighted by Gasteiger charge is -2.08. The minimum Gasteiger partial charge on any atom is -0.348 e. The highest BCUT2D eigenvalue weighted by atomic mass is 16.1. The first-order valence-electron chi connectivity index (χ1n) is 6.65. The molecule has 0 aliphatic rings. The first-order valence-corrected chi connectivity index (χ1v) is 6.65. The molecular weight excluding hydrogens is 268 g/mol. The molecular formula is C14H20N6O. The van der Waals surface area contributed by atoms with Gasteiger partial charge in [-0.2, -0.15) is 5.10 Å². The van der Waals surface area contributed by atoms with Gasteiger partial charge >= 0.3 is 0 Å². The number of hydrogen-bond donors (Lipinski definition) is 3. The van der Waals surface area contributed by atoms with E-state index in [0.717, 1.165) is 22.6 Å². The fraction of sp³-hybridized carbons (Fsp3) is 0.357. The lowest BCUT2D eigenvalue weighted by molar-refractivity contribution is 0.0950. The van der Waals surface area contributed by atoms with Gasteiger partial charge in [0.1, 0.15) is 5.82 Å². The molecule has 4 N–H and O–H groups in total. The van der Waals surface area contributed by atoms with E-state index in [2.05, 4.69) is 20.8 Å². The Bertz CT molecular complexity index is 676. The van der Waals surface area contributed by atoms with Gasteiger partial charge in [-0.3, -0.25) is 9.48 Å². The van der Waals surface area contributed by atoms with Crippen molar-refractivity contribution in [2.45, 2.75) is 27.3 Å². The van der Waals surface area contributed by atoms with Gasteiger partial charge in [0.15, 0.2) is 0 Å². The topological polar surface area (TPSA) is 97.9 Å². The zero-order valence-electron chi connectivity index (χ0n) is 12.7. The molecule has 0 radical (unpaired) electrons. The van der Waals surface area contributed by atoms with E-state index in [1.807, 2.05) is 32.5 Å². The number of aryl methyl sites for hydroxylation is 3. The Hall–Kier alpha value is -2.41. The third-order valence-electron chi connectivity index (χ3n) is 3.45. The fourth-order valence-electron chi connectivity index (χ4n) is 2.22. The number of carbonyl (C=O) groups excluding carboxylic acids is 1. The maximum atomic E-state index is 12.2. The molecule has 7 heteroatoms. The summed E-state index contributed by atoms with van der Waals surface area (Å²) in [6.07, 6.45) is 0. The zero-order valence-corrected chi connectivity index (χ0v) is 12.7. The Morgan fingerprint density at radius 3 is 2.62 bits per heavy atom. The molecule has 0 bridgehead atoms. The van der Waals surface area contributed by atoms with Crippen LogP contribution in [-0.4, -0.2) is 20.7 Å². The minimum atomic E-state index is -0.167. The number of anilines is 1. The number of rotatable bonds is 4. The number of nitrogen functional groups attached to an aromatic ring is 1. The molecule has 2 heterocycles. The van der Waals surface area contributed by atoms with E-state index in [9.17, 15) is 4.79 Å². The number of amides is 1. The van der Waals surface area contributed by atoms with E-state index < -0.39 is 0 Å². The Morgan fingerprint density at radius 1 is 1.33 bits per heavy atom. The Morgan fingerprint density at radius 2 is 2.05 bits per heavy atom. The van der Waals surface area contributed by atoms with Crippen molar-refractivity contribution in [3.63, 3.8) is 0 Å². The van der Waals surface area contributed by atoms with Crippen molar-refractivity contribution >= 4 is 11.7 Å². The number of nitrogens with zero attached hydrogens (tertiary/aromatic N) is 3. The summed E-state index contributed by atoms with van der Waals surface area (Å²) >= 11 is 0. The van der Waals surface area contributed by atoms with Gasteiger partial charge in [-0.25, -0.2) is 10.8 Å². The maximum Gasteiger partial charge on any atom is 0.251 e. The molecule has 0 aliphatic heterocycles. The second-order valence-electron chi connectivity index (χ2n) is 4.98. The summed E-state index contributed by atoms with van der Waals surface area (Å²) in [5.74, 6) is 5.64. The van der Waals surface area contributed by atoms with Gasteiger partial charge in [0.05, 0.1) is 5.69 Å². The molecule has 0 unspecified atom stereocenters. The highest BCUT2D eigenvalue weighted by Crippen LogP contribution is 2.13. The van der Waals surface area contributed by atoms with Crippen LogP contribution in [0, 0.1) is 20.8 Å². The van der Waals surface area contributed by atoms with E-state index >= 15 is 0 Å². The number of carbonyl (C=O) groups is 1. The Balaban J connectivity index is 2.13. The van der Waals surface area contributed by atoms with Crippen LogP contribution in [0.2, 0.25) is 0 Å². The first-order chi connectivity index (χ1) is 9.92. The van der Waals surface area contributed by atoms with Crippen molar-refractivity contribution in [2.24, 2.45) is 12.9 Å². The van der Waals surface area contributed by atoms with Gasteiger partial charge in [0, 0.05) is 36.1 Å². The van der Waals surface area contributed by atoms with E-state index in [0.29, 0.717) is 17.9 Å². The van der Waals surface area contributed by atoms with Crippen LogP contribution in [-0.2, 0) is 13.6 Å². The summed E-state index contributed by atoms with van der Waals surface area (Å²) in [5.41, 5.74) is 6.71. The molecule has 0 saturated heterocycles. The number of pyridine rings is 1. The zero-order chi connectivity index (χ0) is 15.6. The SMILES string of the molecule is Cc1cc(C(=O)NCc2c(C)nn(C)c2C)cc(NN)n1. The summed E-state index contributed by atoms with van der Waals surface area (Å²) in [6, 6.07) is 3.34. The molecule has 0 fully saturated rings. The fourth-order valence-corrected chi connectivity index (χ4v) is 2.22. The normalized spacial score (nSPS) is 10.5. The van der Waals surface area contributed by atoms with Gasteiger partial charge in [-0.1, -0.05) is 0 Å². The van der Waals surface area contributed by atoms with Crippen LogP contribution in [0.15, 0.2) is 12.1 Å². The van der Waals surface area contributed by atoms with Crippen LogP contribution in [0.1, 0.15) is 33.0 Å². The smallest absolute Gasteiger partial charge is 0.251 e. The van der Waals surface area contributed by atoms with Gasteiger partial charge in [-0.15, -0.1) is 0 Å². The lowest BCUT2D eigenvalue weighted by atomic mass is 10.1. The van der Waals surface area contributed by atoms with Crippen molar-refractivity contribution in [3.8, 4) is 0 Å². The van der Waals surface area contributed by atoms with Crippen molar-refractivity contribution in [1.82, 2.24) is 20.1 Å². The standard InChI is InChI=1S/C14H20N6O/c1-8-5-11(6-13(17-8)18-15)14(21)16-7-12-9(2)19-20(4)10(12)3/h5-6H,7,15H2,1-4H3,(H,16,21)(H,17,18). The second kappa shape index (κ2) is 5.92. The number of hydrogen-bond acceptors (Lipinski definition) is 5. The molecule has 0 aliphatic carbocycles. The number of nitrogens with one attached hydrogen (secondary N) is 2. The lowest BCUT2D eigenvalue weighted by Crippen LogP contribution is -2.24. The van der Waals surface area contributed by atoms with Crippen molar-refractivity contribution in [2.75, 3.05) is 5.43 Å². The van der Waals surface area contributed by atoms with Gasteiger partial charge in [0.25, 0.3) is 5.91 Å². The number of hydrazine groups is 1. The van der Waals surface area contributed by atoms with E-state index in [-0.39, 0.29) is 5.91 Å². The molecule has 7 nitrogen and oxygen atoms in total. The average Bonchev–Trinajstić information content (AvgIpc) is 2.69. The molecule has 0 spiro atoms. The monoisotopic (exact) mass is 288 g/mol. The summed E-state index contributed by atoms with van der Waals surface area (Å²) in [7, 11) is 1.89. The van der Waals surface area contributed by atoms with Crippen LogP contribution in [0.4, 0.5) is 5.82 Å². The highest BCUT2D eigenvalue weighted by Gasteiger charge is 2.12. The third kappa shape index (κ3) is 3.19. The van der Waals surface area contributed by atoms with Crippen molar-refractivity contribution in [3.05, 3.63) is 40.3 Å². The molecule has 0 aromatic carbocycles. The largest absolute Gasteiger partial charge is 0.348 e.